The first-order chi connectivity index (χ1) is 5.15. The highest BCUT2D eigenvalue weighted by atomic mass is 15.2. The molecule has 0 aromatic rings. The molecule has 0 amide bonds. The molecule has 0 bridgehead atoms. The van der Waals surface area contributed by atoms with E-state index in [0.717, 1.165) is 13.1 Å². The Bertz CT molecular complexity index is 171. The van der Waals surface area contributed by atoms with Gasteiger partial charge in [0.1, 0.15) is 0 Å². The maximum atomic E-state index is 8.68. The van der Waals surface area contributed by atoms with E-state index in [-0.39, 0.29) is 12.0 Å². The van der Waals surface area contributed by atoms with E-state index >= 15 is 0 Å². The molecule has 0 aromatic heterocycles. The summed E-state index contributed by atoms with van der Waals surface area (Å²) in [5, 5.41) is 8.68. The van der Waals surface area contributed by atoms with E-state index < -0.39 is 0 Å². The third kappa shape index (κ3) is 1.70. The molecule has 0 aromatic carbocycles. The van der Waals surface area contributed by atoms with Gasteiger partial charge in [0.15, 0.2) is 0 Å². The van der Waals surface area contributed by atoms with Gasteiger partial charge in [0.2, 0.25) is 0 Å². The van der Waals surface area contributed by atoms with Crippen LogP contribution in [0, 0.1) is 17.2 Å². The van der Waals surface area contributed by atoms with E-state index in [9.17, 15) is 0 Å². The number of rotatable bonds is 1. The second-order valence-electron chi connectivity index (χ2n) is 3.45. The van der Waals surface area contributed by atoms with E-state index in [1.807, 2.05) is 0 Å². The summed E-state index contributed by atoms with van der Waals surface area (Å²) in [4.78, 5) is 2.25. The van der Waals surface area contributed by atoms with Crippen LogP contribution in [0.3, 0.4) is 0 Å². The zero-order valence-electron chi connectivity index (χ0n) is 7.12. The Balaban J connectivity index is 2.51. The van der Waals surface area contributed by atoms with Gasteiger partial charge in [-0.05, 0) is 13.8 Å². The first kappa shape index (κ1) is 8.51. The van der Waals surface area contributed by atoms with Crippen molar-refractivity contribution < 1.29 is 0 Å². The minimum Gasteiger partial charge on any atom is -0.325 e. The van der Waals surface area contributed by atoms with Gasteiger partial charge >= 0.3 is 0 Å². The first-order valence-corrected chi connectivity index (χ1v) is 4.04. The molecule has 1 heterocycles. The molecule has 11 heavy (non-hydrogen) atoms. The number of nitrogens with zero attached hydrogens (tertiary/aromatic N) is 2. The van der Waals surface area contributed by atoms with Crippen molar-refractivity contribution in [1.82, 2.24) is 4.90 Å². The van der Waals surface area contributed by atoms with Gasteiger partial charge in [-0.3, -0.25) is 4.90 Å². The third-order valence-corrected chi connectivity index (χ3v) is 2.29. The van der Waals surface area contributed by atoms with Gasteiger partial charge in [-0.2, -0.15) is 5.26 Å². The lowest BCUT2D eigenvalue weighted by molar-refractivity contribution is 0.269. The minimum atomic E-state index is 0.0393. The van der Waals surface area contributed by atoms with Crippen LogP contribution < -0.4 is 5.73 Å². The summed E-state index contributed by atoms with van der Waals surface area (Å²) in [6, 6.07) is 2.80. The Morgan fingerprint density at radius 2 is 2.18 bits per heavy atom. The van der Waals surface area contributed by atoms with Gasteiger partial charge in [0.25, 0.3) is 0 Å². The lowest BCUT2D eigenvalue weighted by atomic mass is 10.1. The van der Waals surface area contributed by atoms with E-state index in [4.69, 9.17) is 11.0 Å². The maximum Gasteiger partial charge on any atom is 0.0753 e. The Labute approximate surface area is 67.8 Å². The summed E-state index contributed by atoms with van der Waals surface area (Å²) in [7, 11) is 0. The molecule has 2 atom stereocenters. The first-order valence-electron chi connectivity index (χ1n) is 4.04. The largest absolute Gasteiger partial charge is 0.325 e. The summed E-state index contributed by atoms with van der Waals surface area (Å²) < 4.78 is 0. The maximum absolute atomic E-state index is 8.68. The molecule has 1 fully saturated rings. The zero-order chi connectivity index (χ0) is 8.43. The van der Waals surface area contributed by atoms with Gasteiger partial charge < -0.3 is 5.73 Å². The van der Waals surface area contributed by atoms with Crippen LogP contribution in [-0.2, 0) is 0 Å². The van der Waals surface area contributed by atoms with Crippen LogP contribution in [0.25, 0.3) is 0 Å². The van der Waals surface area contributed by atoms with Crippen molar-refractivity contribution in [2.24, 2.45) is 11.7 Å². The highest BCUT2D eigenvalue weighted by Crippen LogP contribution is 2.16. The second kappa shape index (κ2) is 3.21. The molecule has 2 N–H and O–H groups in total. The van der Waals surface area contributed by atoms with Crippen molar-refractivity contribution in [3.05, 3.63) is 0 Å². The van der Waals surface area contributed by atoms with Crippen molar-refractivity contribution in [2.75, 3.05) is 13.1 Å². The lowest BCUT2D eigenvalue weighted by Crippen LogP contribution is -2.32. The highest BCUT2D eigenvalue weighted by molar-refractivity contribution is 4.99. The van der Waals surface area contributed by atoms with Crippen molar-refractivity contribution in [1.29, 1.82) is 5.26 Å². The molecular formula is C8H15N3. The predicted molar refractivity (Wildman–Crippen MR) is 43.8 cm³/mol. The third-order valence-electron chi connectivity index (χ3n) is 2.29. The topological polar surface area (TPSA) is 53.0 Å². The van der Waals surface area contributed by atoms with Crippen molar-refractivity contribution in [3.8, 4) is 6.07 Å². The fraction of sp³-hybridized carbons (Fsp3) is 0.875. The van der Waals surface area contributed by atoms with Crippen LogP contribution in [0.4, 0.5) is 0 Å². The Kier molecular flexibility index (Phi) is 2.48. The van der Waals surface area contributed by atoms with Crippen LogP contribution in [0.15, 0.2) is 0 Å². The summed E-state index contributed by atoms with van der Waals surface area (Å²) in [6.45, 7) is 5.98. The minimum absolute atomic E-state index is 0.0393. The standard InChI is InChI=1S/C8H15N3/c1-6(2)11-4-7(3-9)8(10)5-11/h6-8H,4-5,10H2,1-2H3/t7-,8+/m0/s1. The fourth-order valence-electron chi connectivity index (χ4n) is 1.42. The molecule has 1 aliphatic rings. The second-order valence-corrected chi connectivity index (χ2v) is 3.45. The van der Waals surface area contributed by atoms with Crippen molar-refractivity contribution in [2.45, 2.75) is 25.9 Å². The van der Waals surface area contributed by atoms with Gasteiger partial charge in [-0.1, -0.05) is 0 Å². The normalized spacial score (nSPS) is 32.6. The number of nitriles is 1. The van der Waals surface area contributed by atoms with Crippen LogP contribution in [0.5, 0.6) is 0 Å². The molecular weight excluding hydrogens is 138 g/mol. The SMILES string of the molecule is CC(C)N1C[C@@H](N)[C@@H](C#N)C1. The van der Waals surface area contributed by atoms with E-state index in [2.05, 4.69) is 24.8 Å². The molecule has 1 rings (SSSR count). The summed E-state index contributed by atoms with van der Waals surface area (Å²) in [5.41, 5.74) is 5.75. The molecule has 3 heteroatoms. The smallest absolute Gasteiger partial charge is 0.0753 e. The molecule has 62 valence electrons. The molecule has 0 saturated carbocycles. The predicted octanol–water partition coefficient (Wildman–Crippen LogP) is 0.177. The monoisotopic (exact) mass is 153 g/mol. The van der Waals surface area contributed by atoms with Crippen molar-refractivity contribution >= 4 is 0 Å². The summed E-state index contributed by atoms with van der Waals surface area (Å²) in [5.74, 6) is 0.0393. The number of nitrogens with two attached hydrogens (primary N) is 1. The van der Waals surface area contributed by atoms with Gasteiger partial charge in [0, 0.05) is 25.2 Å². The quantitative estimate of drug-likeness (QED) is 0.584. The molecule has 0 aliphatic carbocycles. The van der Waals surface area contributed by atoms with Crippen LogP contribution >= 0.6 is 0 Å². The van der Waals surface area contributed by atoms with Crippen LogP contribution in [-0.4, -0.2) is 30.1 Å². The number of hydrogen-bond acceptors (Lipinski definition) is 3. The highest BCUT2D eigenvalue weighted by Gasteiger charge is 2.30. The molecule has 0 radical (unpaired) electrons. The van der Waals surface area contributed by atoms with Crippen LogP contribution in [0.1, 0.15) is 13.8 Å². The summed E-state index contributed by atoms with van der Waals surface area (Å²) >= 11 is 0. The number of hydrogen-bond donors (Lipinski definition) is 1. The molecule has 0 unspecified atom stereocenters. The molecule has 1 aliphatic heterocycles. The van der Waals surface area contributed by atoms with Crippen molar-refractivity contribution in [3.63, 3.8) is 0 Å². The lowest BCUT2D eigenvalue weighted by Gasteiger charge is -2.18. The Morgan fingerprint density at radius 1 is 1.55 bits per heavy atom. The zero-order valence-corrected chi connectivity index (χ0v) is 7.12. The fourth-order valence-corrected chi connectivity index (χ4v) is 1.42. The van der Waals surface area contributed by atoms with E-state index in [0.29, 0.717) is 6.04 Å². The molecule has 1 saturated heterocycles. The molecule has 3 nitrogen and oxygen atoms in total. The average Bonchev–Trinajstić information content (AvgIpc) is 2.31. The van der Waals surface area contributed by atoms with Crippen LogP contribution in [0.2, 0.25) is 0 Å². The average molecular weight is 153 g/mol. The Morgan fingerprint density at radius 3 is 2.45 bits per heavy atom. The van der Waals surface area contributed by atoms with E-state index in [1.165, 1.54) is 0 Å². The van der Waals surface area contributed by atoms with Gasteiger partial charge in [-0.15, -0.1) is 0 Å². The van der Waals surface area contributed by atoms with E-state index in [1.54, 1.807) is 0 Å². The summed E-state index contributed by atoms with van der Waals surface area (Å²) in [6.07, 6.45) is 0. The van der Waals surface area contributed by atoms with Gasteiger partial charge in [-0.25, -0.2) is 0 Å². The Hall–Kier alpha value is -0.590. The number of likely N-dealkylation sites (tertiary alicyclic amines) is 1. The van der Waals surface area contributed by atoms with Gasteiger partial charge in [0.05, 0.1) is 12.0 Å². The molecule has 0 spiro atoms.